The van der Waals surface area contributed by atoms with Crippen molar-refractivity contribution in [1.29, 1.82) is 5.26 Å². The predicted molar refractivity (Wildman–Crippen MR) is 65.4 cm³/mol. The molecule has 90 valence electrons. The fourth-order valence-electron chi connectivity index (χ4n) is 1.30. The van der Waals surface area contributed by atoms with Crippen LogP contribution in [0.25, 0.3) is 0 Å². The maximum Gasteiger partial charge on any atom is 0.228 e. The molecule has 2 heterocycles. The van der Waals surface area contributed by atoms with Gasteiger partial charge in [-0.2, -0.15) is 5.26 Å². The van der Waals surface area contributed by atoms with Crippen LogP contribution in [0.15, 0.2) is 30.6 Å². The molecule has 0 spiro atoms. The third-order valence-corrected chi connectivity index (χ3v) is 2.05. The molecule has 0 unspecified atom stereocenters. The number of nitrogens with one attached hydrogen (secondary N) is 1. The van der Waals surface area contributed by atoms with Crippen LogP contribution in [0.2, 0.25) is 0 Å². The molecule has 2 aromatic heterocycles. The molecule has 0 aliphatic rings. The minimum atomic E-state index is 0.311. The van der Waals surface area contributed by atoms with Gasteiger partial charge in [0.05, 0.1) is 18.5 Å². The van der Waals surface area contributed by atoms with Crippen molar-refractivity contribution < 1.29 is 4.74 Å². The number of pyridine rings is 1. The summed E-state index contributed by atoms with van der Waals surface area (Å²) in [5.41, 5.74) is 1.04. The van der Waals surface area contributed by atoms with Crippen LogP contribution in [0.4, 0.5) is 11.6 Å². The first kappa shape index (κ1) is 11.8. The minimum Gasteiger partial charge on any atom is -0.478 e. The van der Waals surface area contributed by atoms with Crippen LogP contribution in [-0.4, -0.2) is 21.6 Å². The molecule has 0 atom stereocenters. The Labute approximate surface area is 104 Å². The van der Waals surface area contributed by atoms with E-state index in [4.69, 9.17) is 10.00 Å². The van der Waals surface area contributed by atoms with Crippen LogP contribution < -0.4 is 10.1 Å². The van der Waals surface area contributed by atoms with Crippen molar-refractivity contribution in [2.24, 2.45) is 0 Å². The Bertz CT molecular complexity index is 561. The van der Waals surface area contributed by atoms with E-state index in [-0.39, 0.29) is 0 Å². The highest BCUT2D eigenvalue weighted by Crippen LogP contribution is 2.14. The van der Waals surface area contributed by atoms with Crippen molar-refractivity contribution in [2.45, 2.75) is 6.92 Å². The molecular weight excluding hydrogens is 230 g/mol. The van der Waals surface area contributed by atoms with Crippen molar-refractivity contribution in [3.63, 3.8) is 0 Å². The molecule has 0 amide bonds. The van der Waals surface area contributed by atoms with E-state index in [1.54, 1.807) is 24.4 Å². The second-order valence-electron chi connectivity index (χ2n) is 3.32. The third-order valence-electron chi connectivity index (χ3n) is 2.05. The average Bonchev–Trinajstić information content (AvgIpc) is 2.42. The summed E-state index contributed by atoms with van der Waals surface area (Å²) in [5.74, 6) is 0.926. The topological polar surface area (TPSA) is 83.7 Å². The Hall–Kier alpha value is -2.68. The summed E-state index contributed by atoms with van der Waals surface area (Å²) in [4.78, 5) is 12.1. The zero-order valence-electron chi connectivity index (χ0n) is 9.79. The molecule has 0 saturated carbocycles. The molecule has 0 fully saturated rings. The molecule has 1 N–H and O–H groups in total. The summed E-state index contributed by atoms with van der Waals surface area (Å²) < 4.78 is 5.23. The lowest BCUT2D eigenvalue weighted by Gasteiger charge is -2.05. The first-order valence-corrected chi connectivity index (χ1v) is 5.41. The van der Waals surface area contributed by atoms with Crippen molar-refractivity contribution in [3.05, 3.63) is 36.3 Å². The lowest BCUT2D eigenvalue weighted by atomic mass is 10.4. The minimum absolute atomic E-state index is 0.311. The number of hydrogen-bond donors (Lipinski definition) is 1. The summed E-state index contributed by atoms with van der Waals surface area (Å²) in [6, 6.07) is 7.05. The summed E-state index contributed by atoms with van der Waals surface area (Å²) >= 11 is 0. The van der Waals surface area contributed by atoms with Crippen LogP contribution in [0, 0.1) is 11.3 Å². The summed E-state index contributed by atoms with van der Waals surface area (Å²) in [6.45, 7) is 2.47. The molecule has 0 aliphatic heterocycles. The van der Waals surface area contributed by atoms with Gasteiger partial charge in [0.25, 0.3) is 0 Å². The Morgan fingerprint density at radius 3 is 2.89 bits per heavy atom. The molecule has 6 heteroatoms. The van der Waals surface area contributed by atoms with Crippen LogP contribution in [0.5, 0.6) is 5.88 Å². The molecule has 0 aliphatic carbocycles. The zero-order valence-corrected chi connectivity index (χ0v) is 9.79. The van der Waals surface area contributed by atoms with Gasteiger partial charge < -0.3 is 10.1 Å². The zero-order chi connectivity index (χ0) is 12.8. The van der Waals surface area contributed by atoms with Crippen LogP contribution >= 0.6 is 0 Å². The first-order chi connectivity index (χ1) is 8.81. The van der Waals surface area contributed by atoms with Crippen LogP contribution in [0.3, 0.4) is 0 Å². The fraction of sp³-hybridized carbons (Fsp3) is 0.167. The standard InChI is InChI=1S/C12H11N5O/c1-2-18-11-4-3-10(8-15-11)17-12-14-6-5-9(7-13)16-12/h3-6,8H,2H2,1H3,(H,14,16,17). The smallest absolute Gasteiger partial charge is 0.228 e. The van der Waals surface area contributed by atoms with Gasteiger partial charge in [-0.1, -0.05) is 0 Å². The largest absolute Gasteiger partial charge is 0.478 e. The van der Waals surface area contributed by atoms with E-state index < -0.39 is 0 Å². The highest BCUT2D eigenvalue weighted by atomic mass is 16.5. The predicted octanol–water partition coefficient (Wildman–Crippen LogP) is 1.89. The Morgan fingerprint density at radius 2 is 2.22 bits per heavy atom. The summed E-state index contributed by atoms with van der Waals surface area (Å²) in [7, 11) is 0. The second kappa shape index (κ2) is 5.59. The quantitative estimate of drug-likeness (QED) is 0.879. The number of nitriles is 1. The van der Waals surface area contributed by atoms with E-state index >= 15 is 0 Å². The van der Waals surface area contributed by atoms with Gasteiger partial charge in [-0.3, -0.25) is 0 Å². The second-order valence-corrected chi connectivity index (χ2v) is 3.32. The van der Waals surface area contributed by atoms with Gasteiger partial charge in [-0.25, -0.2) is 15.0 Å². The number of ether oxygens (including phenoxy) is 1. The Kier molecular flexibility index (Phi) is 3.66. The highest BCUT2D eigenvalue weighted by Gasteiger charge is 2.00. The van der Waals surface area contributed by atoms with Gasteiger partial charge in [0, 0.05) is 12.3 Å². The average molecular weight is 241 g/mol. The molecule has 0 radical (unpaired) electrons. The lowest BCUT2D eigenvalue weighted by molar-refractivity contribution is 0.327. The van der Waals surface area contributed by atoms with Gasteiger partial charge in [0.1, 0.15) is 11.8 Å². The van der Waals surface area contributed by atoms with Crippen LogP contribution in [0.1, 0.15) is 12.6 Å². The molecule has 0 saturated heterocycles. The molecular formula is C12H11N5O. The van der Waals surface area contributed by atoms with Gasteiger partial charge in [0.15, 0.2) is 0 Å². The fourth-order valence-corrected chi connectivity index (χ4v) is 1.30. The highest BCUT2D eigenvalue weighted by molar-refractivity contribution is 5.52. The van der Waals surface area contributed by atoms with Gasteiger partial charge in [-0.05, 0) is 19.1 Å². The van der Waals surface area contributed by atoms with E-state index in [1.807, 2.05) is 13.0 Å². The summed E-state index contributed by atoms with van der Waals surface area (Å²) in [5, 5.41) is 11.7. The van der Waals surface area contributed by atoms with E-state index in [2.05, 4.69) is 20.3 Å². The van der Waals surface area contributed by atoms with Crippen molar-refractivity contribution >= 4 is 11.6 Å². The maximum atomic E-state index is 8.73. The number of rotatable bonds is 4. The first-order valence-electron chi connectivity index (χ1n) is 5.41. The monoisotopic (exact) mass is 241 g/mol. The van der Waals surface area contributed by atoms with Crippen molar-refractivity contribution in [2.75, 3.05) is 11.9 Å². The summed E-state index contributed by atoms with van der Waals surface area (Å²) in [6.07, 6.45) is 3.14. The third kappa shape index (κ3) is 2.92. The van der Waals surface area contributed by atoms with E-state index in [0.29, 0.717) is 24.1 Å². The number of hydrogen-bond acceptors (Lipinski definition) is 6. The van der Waals surface area contributed by atoms with Crippen molar-refractivity contribution in [3.8, 4) is 11.9 Å². The number of nitrogens with zero attached hydrogens (tertiary/aromatic N) is 4. The molecule has 2 aromatic rings. The number of anilines is 2. The lowest BCUT2D eigenvalue weighted by Crippen LogP contribution is -1.99. The van der Waals surface area contributed by atoms with Gasteiger partial charge in [-0.15, -0.1) is 0 Å². The number of aromatic nitrogens is 3. The van der Waals surface area contributed by atoms with Crippen LogP contribution in [-0.2, 0) is 0 Å². The van der Waals surface area contributed by atoms with Gasteiger partial charge >= 0.3 is 0 Å². The van der Waals surface area contributed by atoms with E-state index in [9.17, 15) is 0 Å². The maximum absolute atomic E-state index is 8.73. The normalized spacial score (nSPS) is 9.56. The SMILES string of the molecule is CCOc1ccc(Nc2nccc(C#N)n2)cn1. The molecule has 18 heavy (non-hydrogen) atoms. The van der Waals surface area contributed by atoms with E-state index in [0.717, 1.165) is 5.69 Å². The van der Waals surface area contributed by atoms with E-state index in [1.165, 1.54) is 6.20 Å². The molecule has 0 aromatic carbocycles. The molecule has 2 rings (SSSR count). The molecule has 6 nitrogen and oxygen atoms in total. The Balaban J connectivity index is 2.11. The van der Waals surface area contributed by atoms with Gasteiger partial charge in [0.2, 0.25) is 11.8 Å². The Morgan fingerprint density at radius 1 is 1.33 bits per heavy atom. The van der Waals surface area contributed by atoms with Crippen molar-refractivity contribution in [1.82, 2.24) is 15.0 Å². The molecule has 0 bridgehead atoms.